The Balaban J connectivity index is 2.71. The lowest BCUT2D eigenvalue weighted by Gasteiger charge is -2.27. The molecule has 0 saturated carbocycles. The normalized spacial score (nSPS) is 12.9. The second-order valence-corrected chi connectivity index (χ2v) is 4.36. The molecule has 0 amide bonds. The number of anilines is 2. The van der Waals surface area contributed by atoms with Crippen molar-refractivity contribution in [3.05, 3.63) is 12.3 Å². The first kappa shape index (κ1) is 11.8. The zero-order chi connectivity index (χ0) is 11.4. The molecule has 0 radical (unpaired) electrons. The van der Waals surface area contributed by atoms with Crippen LogP contribution in [0.2, 0.25) is 0 Å². The summed E-state index contributed by atoms with van der Waals surface area (Å²) in [6.07, 6.45) is 2.83. The Bertz CT molecular complexity index is 311. The molecular weight excluding hydrogens is 188 g/mol. The highest BCUT2D eigenvalue weighted by Crippen LogP contribution is 2.16. The van der Waals surface area contributed by atoms with Gasteiger partial charge in [0.05, 0.1) is 0 Å². The molecule has 4 heteroatoms. The summed E-state index contributed by atoms with van der Waals surface area (Å²) < 4.78 is 0. The van der Waals surface area contributed by atoms with Crippen molar-refractivity contribution in [1.82, 2.24) is 9.97 Å². The Labute approximate surface area is 91.5 Å². The predicted molar refractivity (Wildman–Crippen MR) is 63.8 cm³/mol. The van der Waals surface area contributed by atoms with Gasteiger partial charge in [-0.25, -0.2) is 4.98 Å². The van der Waals surface area contributed by atoms with Crippen molar-refractivity contribution in [2.75, 3.05) is 17.7 Å². The largest absolute Gasteiger partial charge is 0.368 e. The van der Waals surface area contributed by atoms with Crippen LogP contribution in [0.25, 0.3) is 0 Å². The van der Waals surface area contributed by atoms with Gasteiger partial charge in [-0.15, -0.1) is 0 Å². The molecule has 0 aliphatic heterocycles. The van der Waals surface area contributed by atoms with Gasteiger partial charge in [0.2, 0.25) is 5.95 Å². The molecule has 2 N–H and O–H groups in total. The summed E-state index contributed by atoms with van der Waals surface area (Å²) in [4.78, 5) is 10.2. The van der Waals surface area contributed by atoms with Crippen molar-refractivity contribution in [3.8, 4) is 0 Å². The van der Waals surface area contributed by atoms with Crippen molar-refractivity contribution in [1.29, 1.82) is 0 Å². The Morgan fingerprint density at radius 1 is 1.40 bits per heavy atom. The molecule has 0 saturated heterocycles. The Kier molecular flexibility index (Phi) is 3.88. The molecule has 0 fully saturated rings. The van der Waals surface area contributed by atoms with Crippen molar-refractivity contribution >= 4 is 11.8 Å². The highest BCUT2D eigenvalue weighted by molar-refractivity contribution is 5.40. The van der Waals surface area contributed by atoms with Crippen LogP contribution in [0.5, 0.6) is 0 Å². The van der Waals surface area contributed by atoms with Gasteiger partial charge in [0.15, 0.2) is 0 Å². The van der Waals surface area contributed by atoms with Crippen LogP contribution >= 0.6 is 0 Å². The van der Waals surface area contributed by atoms with Gasteiger partial charge in [-0.2, -0.15) is 4.98 Å². The number of nitrogens with two attached hydrogens (primary N) is 1. The number of nitrogen functional groups attached to an aromatic ring is 1. The summed E-state index contributed by atoms with van der Waals surface area (Å²) in [7, 11) is 2.04. The number of hydrogen-bond donors (Lipinski definition) is 1. The van der Waals surface area contributed by atoms with Gasteiger partial charge in [-0.05, 0) is 25.3 Å². The first-order valence-corrected chi connectivity index (χ1v) is 5.32. The van der Waals surface area contributed by atoms with E-state index in [0.717, 1.165) is 12.2 Å². The number of hydrogen-bond acceptors (Lipinski definition) is 4. The standard InChI is InChI=1S/C11H20N4/c1-8(2)7-9(3)15(4)10-5-6-13-11(12)14-10/h5-6,8-9H,7H2,1-4H3,(H2,12,13,14). The van der Waals surface area contributed by atoms with Crippen LogP contribution in [-0.2, 0) is 0 Å². The topological polar surface area (TPSA) is 55.0 Å². The molecule has 1 atom stereocenters. The summed E-state index contributed by atoms with van der Waals surface area (Å²) in [6.45, 7) is 6.63. The first-order chi connectivity index (χ1) is 7.00. The van der Waals surface area contributed by atoms with Crippen molar-refractivity contribution in [3.63, 3.8) is 0 Å². The molecule has 1 unspecified atom stereocenters. The summed E-state index contributed by atoms with van der Waals surface area (Å²) in [5.41, 5.74) is 5.55. The minimum absolute atomic E-state index is 0.330. The second kappa shape index (κ2) is 4.96. The Hall–Kier alpha value is -1.32. The van der Waals surface area contributed by atoms with Gasteiger partial charge >= 0.3 is 0 Å². The molecule has 0 spiro atoms. The van der Waals surface area contributed by atoms with Gasteiger partial charge in [-0.1, -0.05) is 13.8 Å². The molecule has 0 aliphatic rings. The van der Waals surface area contributed by atoms with Crippen LogP contribution in [0.3, 0.4) is 0 Å². The molecule has 15 heavy (non-hydrogen) atoms. The summed E-state index contributed by atoms with van der Waals surface area (Å²) >= 11 is 0. The third-order valence-electron chi connectivity index (χ3n) is 2.49. The minimum atomic E-state index is 0.330. The van der Waals surface area contributed by atoms with E-state index in [1.54, 1.807) is 6.20 Å². The van der Waals surface area contributed by atoms with Gasteiger partial charge < -0.3 is 10.6 Å². The maximum atomic E-state index is 5.55. The maximum Gasteiger partial charge on any atom is 0.221 e. The van der Waals surface area contributed by atoms with Crippen LogP contribution in [0.4, 0.5) is 11.8 Å². The number of aromatic nitrogens is 2. The van der Waals surface area contributed by atoms with Crippen LogP contribution in [0.1, 0.15) is 27.2 Å². The number of rotatable bonds is 4. The second-order valence-electron chi connectivity index (χ2n) is 4.36. The molecule has 1 aromatic rings. The third-order valence-corrected chi connectivity index (χ3v) is 2.49. The number of nitrogens with zero attached hydrogens (tertiary/aromatic N) is 3. The van der Waals surface area contributed by atoms with Crippen LogP contribution in [0, 0.1) is 5.92 Å². The molecule has 0 bridgehead atoms. The zero-order valence-corrected chi connectivity index (χ0v) is 9.94. The lowest BCUT2D eigenvalue weighted by molar-refractivity contribution is 0.502. The molecular formula is C11H20N4. The molecule has 1 rings (SSSR count). The quantitative estimate of drug-likeness (QED) is 0.821. The van der Waals surface area contributed by atoms with E-state index in [1.807, 2.05) is 13.1 Å². The van der Waals surface area contributed by atoms with Gasteiger partial charge in [0.1, 0.15) is 5.82 Å². The van der Waals surface area contributed by atoms with Crippen molar-refractivity contribution in [2.24, 2.45) is 5.92 Å². The van der Waals surface area contributed by atoms with Crippen molar-refractivity contribution < 1.29 is 0 Å². The zero-order valence-electron chi connectivity index (χ0n) is 9.94. The maximum absolute atomic E-state index is 5.55. The smallest absolute Gasteiger partial charge is 0.221 e. The first-order valence-electron chi connectivity index (χ1n) is 5.32. The fourth-order valence-corrected chi connectivity index (χ4v) is 1.63. The minimum Gasteiger partial charge on any atom is -0.368 e. The lowest BCUT2D eigenvalue weighted by atomic mass is 10.0. The molecule has 84 valence electrons. The average Bonchev–Trinajstić information content (AvgIpc) is 2.15. The summed E-state index contributed by atoms with van der Waals surface area (Å²) in [5, 5.41) is 0. The van der Waals surface area contributed by atoms with E-state index in [0.29, 0.717) is 17.9 Å². The van der Waals surface area contributed by atoms with E-state index in [4.69, 9.17) is 5.73 Å². The van der Waals surface area contributed by atoms with Crippen molar-refractivity contribution in [2.45, 2.75) is 33.2 Å². The van der Waals surface area contributed by atoms with Gasteiger partial charge in [0, 0.05) is 19.3 Å². The van der Waals surface area contributed by atoms with E-state index in [2.05, 4.69) is 35.6 Å². The molecule has 1 heterocycles. The van der Waals surface area contributed by atoms with Gasteiger partial charge in [-0.3, -0.25) is 0 Å². The molecule has 4 nitrogen and oxygen atoms in total. The summed E-state index contributed by atoms with van der Waals surface area (Å²) in [6, 6.07) is 2.34. The fourth-order valence-electron chi connectivity index (χ4n) is 1.63. The monoisotopic (exact) mass is 208 g/mol. The van der Waals surface area contributed by atoms with E-state index in [1.165, 1.54) is 0 Å². The fraction of sp³-hybridized carbons (Fsp3) is 0.636. The van der Waals surface area contributed by atoms with E-state index >= 15 is 0 Å². The van der Waals surface area contributed by atoms with E-state index < -0.39 is 0 Å². The average molecular weight is 208 g/mol. The Morgan fingerprint density at radius 2 is 2.07 bits per heavy atom. The van der Waals surface area contributed by atoms with E-state index in [-0.39, 0.29) is 0 Å². The Morgan fingerprint density at radius 3 is 2.60 bits per heavy atom. The van der Waals surface area contributed by atoms with E-state index in [9.17, 15) is 0 Å². The van der Waals surface area contributed by atoms with Gasteiger partial charge in [0.25, 0.3) is 0 Å². The predicted octanol–water partition coefficient (Wildman–Crippen LogP) is 1.93. The summed E-state index contributed by atoms with van der Waals surface area (Å²) in [5.74, 6) is 1.90. The van der Waals surface area contributed by atoms with Crippen LogP contribution in [-0.4, -0.2) is 23.1 Å². The molecule has 1 aromatic heterocycles. The molecule has 0 aromatic carbocycles. The molecule has 0 aliphatic carbocycles. The lowest BCUT2D eigenvalue weighted by Crippen LogP contribution is -2.30. The van der Waals surface area contributed by atoms with Crippen LogP contribution < -0.4 is 10.6 Å². The van der Waals surface area contributed by atoms with Crippen LogP contribution in [0.15, 0.2) is 12.3 Å². The SMILES string of the molecule is CC(C)CC(C)N(C)c1ccnc(N)n1. The highest BCUT2D eigenvalue weighted by Gasteiger charge is 2.12. The third kappa shape index (κ3) is 3.38. The highest BCUT2D eigenvalue weighted by atomic mass is 15.2.